The largest absolute Gasteiger partial charge is 0.476 e. The Bertz CT molecular complexity index is 646. The summed E-state index contributed by atoms with van der Waals surface area (Å²) >= 11 is 5.87. The average Bonchev–Trinajstić information content (AvgIpc) is 2.39. The molecule has 19 heavy (non-hydrogen) atoms. The van der Waals surface area contributed by atoms with E-state index in [4.69, 9.17) is 16.7 Å². The van der Waals surface area contributed by atoms with E-state index in [-0.39, 0.29) is 22.1 Å². The summed E-state index contributed by atoms with van der Waals surface area (Å²) in [6.45, 7) is 0. The van der Waals surface area contributed by atoms with Crippen LogP contribution in [0, 0.1) is 0 Å². The van der Waals surface area contributed by atoms with E-state index < -0.39 is 11.9 Å². The number of benzene rings is 1. The lowest BCUT2D eigenvalue weighted by molar-refractivity contribution is 0.0691. The summed E-state index contributed by atoms with van der Waals surface area (Å²) in [6, 6.07) is 6.42. The molecule has 1 aromatic heterocycles. The molecule has 1 aromatic carbocycles. The van der Waals surface area contributed by atoms with Crippen LogP contribution in [0.2, 0.25) is 5.02 Å². The number of hydrogen-bond acceptors (Lipinski definition) is 4. The molecule has 2 rings (SSSR count). The molecule has 1 heterocycles. The van der Waals surface area contributed by atoms with Gasteiger partial charge >= 0.3 is 5.97 Å². The first-order valence-electron chi connectivity index (χ1n) is 5.20. The number of nitrogens with one attached hydrogen (secondary N) is 1. The molecule has 1 amide bonds. The second-order valence-corrected chi connectivity index (χ2v) is 3.90. The third-order valence-corrected chi connectivity index (χ3v) is 2.58. The van der Waals surface area contributed by atoms with E-state index in [2.05, 4.69) is 15.3 Å². The van der Waals surface area contributed by atoms with Crippen molar-refractivity contribution in [3.8, 4) is 0 Å². The fraction of sp³-hybridized carbons (Fsp3) is 0. The Kier molecular flexibility index (Phi) is 3.72. The Morgan fingerprint density at radius 3 is 2.53 bits per heavy atom. The number of anilines is 1. The van der Waals surface area contributed by atoms with Crippen LogP contribution in [-0.2, 0) is 0 Å². The summed E-state index contributed by atoms with van der Waals surface area (Å²) in [4.78, 5) is 30.3. The maximum absolute atomic E-state index is 12.0. The fourth-order valence-electron chi connectivity index (χ4n) is 1.41. The van der Waals surface area contributed by atoms with Crippen LogP contribution in [0.25, 0.3) is 0 Å². The molecule has 0 bridgehead atoms. The number of rotatable bonds is 3. The molecule has 7 heteroatoms. The summed E-state index contributed by atoms with van der Waals surface area (Å²) in [7, 11) is 0. The van der Waals surface area contributed by atoms with Crippen molar-refractivity contribution < 1.29 is 14.7 Å². The van der Waals surface area contributed by atoms with Crippen LogP contribution in [0.3, 0.4) is 0 Å². The van der Waals surface area contributed by atoms with Crippen LogP contribution < -0.4 is 5.32 Å². The molecule has 0 fully saturated rings. The molecule has 0 aliphatic carbocycles. The smallest absolute Gasteiger partial charge is 0.358 e. The van der Waals surface area contributed by atoms with Crippen LogP contribution in [0.1, 0.15) is 20.8 Å². The van der Waals surface area contributed by atoms with E-state index in [1.807, 2.05) is 0 Å². The Hall–Kier alpha value is -2.47. The highest BCUT2D eigenvalue weighted by molar-refractivity contribution is 6.34. The predicted molar refractivity (Wildman–Crippen MR) is 68.4 cm³/mol. The standard InChI is InChI=1S/C12H8ClN3O3/c13-8-4-2-1-3-7(8)11(17)16-10-9(12(18)19)14-5-6-15-10/h1-6H,(H,18,19)(H,15,16,17). The Morgan fingerprint density at radius 1 is 1.16 bits per heavy atom. The van der Waals surface area contributed by atoms with Gasteiger partial charge in [-0.25, -0.2) is 14.8 Å². The van der Waals surface area contributed by atoms with E-state index in [1.54, 1.807) is 18.2 Å². The number of aromatic carboxylic acids is 1. The SMILES string of the molecule is O=C(Nc1nccnc1C(=O)O)c1ccccc1Cl. The molecular weight excluding hydrogens is 270 g/mol. The third kappa shape index (κ3) is 2.86. The second-order valence-electron chi connectivity index (χ2n) is 3.49. The normalized spacial score (nSPS) is 9.95. The number of carboxylic acid groups (broad SMARTS) is 1. The van der Waals surface area contributed by atoms with Gasteiger partial charge < -0.3 is 10.4 Å². The Balaban J connectivity index is 2.30. The molecule has 0 aliphatic heterocycles. The minimum absolute atomic E-state index is 0.125. The number of carbonyl (C=O) groups is 2. The summed E-state index contributed by atoms with van der Waals surface area (Å²) in [5.74, 6) is -1.95. The second kappa shape index (κ2) is 5.45. The third-order valence-electron chi connectivity index (χ3n) is 2.25. The van der Waals surface area contributed by atoms with Crippen molar-refractivity contribution in [2.75, 3.05) is 5.32 Å². The number of carboxylic acids is 1. The topological polar surface area (TPSA) is 92.2 Å². The number of halogens is 1. The van der Waals surface area contributed by atoms with Gasteiger partial charge in [-0.15, -0.1) is 0 Å². The number of hydrogen-bond donors (Lipinski definition) is 2. The van der Waals surface area contributed by atoms with Gasteiger partial charge in [0.15, 0.2) is 11.5 Å². The minimum Gasteiger partial charge on any atom is -0.476 e. The zero-order chi connectivity index (χ0) is 13.8. The molecule has 2 N–H and O–H groups in total. The lowest BCUT2D eigenvalue weighted by atomic mass is 10.2. The highest BCUT2D eigenvalue weighted by atomic mass is 35.5. The molecular formula is C12H8ClN3O3. The number of carbonyl (C=O) groups excluding carboxylic acids is 1. The lowest BCUT2D eigenvalue weighted by Crippen LogP contribution is -2.17. The van der Waals surface area contributed by atoms with Crippen molar-refractivity contribution in [1.82, 2.24) is 9.97 Å². The average molecular weight is 278 g/mol. The van der Waals surface area contributed by atoms with E-state index >= 15 is 0 Å². The molecule has 0 unspecified atom stereocenters. The summed E-state index contributed by atoms with van der Waals surface area (Å²) < 4.78 is 0. The van der Waals surface area contributed by atoms with Crippen LogP contribution in [0.4, 0.5) is 5.82 Å². The quantitative estimate of drug-likeness (QED) is 0.896. The van der Waals surface area contributed by atoms with Crippen LogP contribution in [0.5, 0.6) is 0 Å². The zero-order valence-corrected chi connectivity index (χ0v) is 10.3. The minimum atomic E-state index is -1.28. The fourth-order valence-corrected chi connectivity index (χ4v) is 1.63. The van der Waals surface area contributed by atoms with Crippen molar-refractivity contribution >= 4 is 29.3 Å². The van der Waals surface area contributed by atoms with E-state index in [0.717, 1.165) is 0 Å². The maximum atomic E-state index is 12.0. The predicted octanol–water partition coefficient (Wildman–Crippen LogP) is 2.08. The first-order chi connectivity index (χ1) is 9.09. The molecule has 96 valence electrons. The van der Waals surface area contributed by atoms with Crippen molar-refractivity contribution in [3.05, 3.63) is 52.9 Å². The molecule has 0 saturated carbocycles. The summed E-state index contributed by atoms with van der Waals surface area (Å²) in [6.07, 6.45) is 2.52. The van der Waals surface area contributed by atoms with E-state index in [1.165, 1.54) is 18.5 Å². The van der Waals surface area contributed by atoms with Crippen LogP contribution >= 0.6 is 11.6 Å². The molecule has 0 saturated heterocycles. The Morgan fingerprint density at radius 2 is 1.84 bits per heavy atom. The Labute approximate surface area is 113 Å². The van der Waals surface area contributed by atoms with Gasteiger partial charge in [-0.05, 0) is 12.1 Å². The van der Waals surface area contributed by atoms with Crippen molar-refractivity contribution in [2.45, 2.75) is 0 Å². The van der Waals surface area contributed by atoms with Gasteiger partial charge in [-0.2, -0.15) is 0 Å². The molecule has 6 nitrogen and oxygen atoms in total. The van der Waals surface area contributed by atoms with Crippen molar-refractivity contribution in [1.29, 1.82) is 0 Å². The highest BCUT2D eigenvalue weighted by Crippen LogP contribution is 2.17. The van der Waals surface area contributed by atoms with Gasteiger partial charge in [0.25, 0.3) is 5.91 Å². The zero-order valence-electron chi connectivity index (χ0n) is 9.50. The number of amides is 1. The summed E-state index contributed by atoms with van der Waals surface area (Å²) in [5.41, 5.74) is -0.103. The first kappa shape index (κ1) is 13.0. The van der Waals surface area contributed by atoms with Crippen molar-refractivity contribution in [3.63, 3.8) is 0 Å². The highest BCUT2D eigenvalue weighted by Gasteiger charge is 2.17. The molecule has 0 atom stereocenters. The molecule has 0 radical (unpaired) electrons. The molecule has 0 spiro atoms. The van der Waals surface area contributed by atoms with Crippen molar-refractivity contribution in [2.24, 2.45) is 0 Å². The first-order valence-corrected chi connectivity index (χ1v) is 5.57. The maximum Gasteiger partial charge on any atom is 0.358 e. The molecule has 2 aromatic rings. The monoisotopic (exact) mass is 277 g/mol. The van der Waals surface area contributed by atoms with Gasteiger partial charge in [-0.1, -0.05) is 23.7 Å². The van der Waals surface area contributed by atoms with Gasteiger partial charge in [0.05, 0.1) is 10.6 Å². The van der Waals surface area contributed by atoms with Gasteiger partial charge in [0.2, 0.25) is 0 Å². The number of aromatic nitrogens is 2. The van der Waals surface area contributed by atoms with Crippen LogP contribution in [-0.4, -0.2) is 27.0 Å². The van der Waals surface area contributed by atoms with Gasteiger partial charge in [0, 0.05) is 12.4 Å². The molecule has 0 aliphatic rings. The summed E-state index contributed by atoms with van der Waals surface area (Å²) in [5, 5.41) is 11.6. The van der Waals surface area contributed by atoms with E-state index in [9.17, 15) is 9.59 Å². The van der Waals surface area contributed by atoms with Gasteiger partial charge in [-0.3, -0.25) is 4.79 Å². The number of nitrogens with zero attached hydrogens (tertiary/aromatic N) is 2. The van der Waals surface area contributed by atoms with E-state index in [0.29, 0.717) is 0 Å². The van der Waals surface area contributed by atoms with Gasteiger partial charge in [0.1, 0.15) is 0 Å². The lowest BCUT2D eigenvalue weighted by Gasteiger charge is -2.07. The van der Waals surface area contributed by atoms with Crippen LogP contribution in [0.15, 0.2) is 36.7 Å².